The van der Waals surface area contributed by atoms with Crippen molar-refractivity contribution in [3.63, 3.8) is 0 Å². The molecular weight excluding hydrogens is 384 g/mol. The number of pyridine rings is 1. The maximum Gasteiger partial charge on any atom is 0.408 e. The maximum atomic E-state index is 11.8. The number of thiazole rings is 1. The van der Waals surface area contributed by atoms with Gasteiger partial charge in [0, 0.05) is 29.6 Å². The molecule has 4 rings (SSSR count). The summed E-state index contributed by atoms with van der Waals surface area (Å²) in [5.74, 6) is -0.159. The molecule has 0 radical (unpaired) electrons. The minimum Gasteiger partial charge on any atom is -0.465 e. The van der Waals surface area contributed by atoms with Gasteiger partial charge in [0.25, 0.3) is 0 Å². The molecule has 0 bridgehead atoms. The van der Waals surface area contributed by atoms with Crippen molar-refractivity contribution in [3.05, 3.63) is 28.9 Å². The van der Waals surface area contributed by atoms with Gasteiger partial charge in [0.15, 0.2) is 0 Å². The standard InChI is InChI=1S/C18H18N4O3S2/c1-8-6-11-14(17-21-12-7-19-5-4-13(12)26-17)16(20-10(3)23)27-15(11)9(2)22(8)18(24)25/h4-5,7-9H,6H2,1-3H3,(H,20,23)(H,24,25)/t8-,9-/m1/s1. The number of hydrogen-bond acceptors (Lipinski definition) is 6. The number of rotatable bonds is 2. The molecule has 3 aromatic heterocycles. The van der Waals surface area contributed by atoms with Gasteiger partial charge in [-0.25, -0.2) is 9.78 Å². The summed E-state index contributed by atoms with van der Waals surface area (Å²) in [5, 5.41) is 14.0. The fourth-order valence-corrected chi connectivity index (χ4v) is 6.05. The van der Waals surface area contributed by atoms with Crippen molar-refractivity contribution in [1.82, 2.24) is 14.9 Å². The predicted molar refractivity (Wildman–Crippen MR) is 106 cm³/mol. The molecule has 140 valence electrons. The number of aromatic nitrogens is 2. The van der Waals surface area contributed by atoms with Crippen molar-refractivity contribution in [3.8, 4) is 10.6 Å². The molecule has 0 saturated carbocycles. The zero-order valence-corrected chi connectivity index (χ0v) is 16.6. The van der Waals surface area contributed by atoms with Gasteiger partial charge in [0.2, 0.25) is 5.91 Å². The zero-order chi connectivity index (χ0) is 19.3. The molecule has 1 aliphatic heterocycles. The van der Waals surface area contributed by atoms with E-state index in [0.29, 0.717) is 6.42 Å². The fourth-order valence-electron chi connectivity index (χ4n) is 3.64. The molecule has 4 heterocycles. The first-order chi connectivity index (χ1) is 12.9. The highest BCUT2D eigenvalue weighted by Crippen LogP contribution is 2.49. The van der Waals surface area contributed by atoms with Crippen LogP contribution in [0, 0.1) is 0 Å². The molecular formula is C18H18N4O3S2. The number of amides is 2. The van der Waals surface area contributed by atoms with E-state index in [2.05, 4.69) is 10.3 Å². The van der Waals surface area contributed by atoms with Crippen LogP contribution in [0.2, 0.25) is 0 Å². The quantitative estimate of drug-likeness (QED) is 0.664. The first-order valence-electron chi connectivity index (χ1n) is 8.52. The van der Waals surface area contributed by atoms with Crippen molar-refractivity contribution < 1.29 is 14.7 Å². The SMILES string of the molecule is CC(=O)Nc1sc2c(c1-c1nc3cnccc3s1)C[C@@H](C)N(C(=O)O)[C@@H]2C. The molecule has 0 saturated heterocycles. The van der Waals surface area contributed by atoms with Crippen LogP contribution in [0.25, 0.3) is 20.8 Å². The lowest BCUT2D eigenvalue weighted by Crippen LogP contribution is -2.43. The molecule has 2 atom stereocenters. The summed E-state index contributed by atoms with van der Waals surface area (Å²) < 4.78 is 1.03. The zero-order valence-electron chi connectivity index (χ0n) is 15.0. The molecule has 2 amide bonds. The van der Waals surface area contributed by atoms with Crippen molar-refractivity contribution in [1.29, 1.82) is 0 Å². The van der Waals surface area contributed by atoms with E-state index in [1.54, 1.807) is 23.7 Å². The van der Waals surface area contributed by atoms with Gasteiger partial charge in [-0.1, -0.05) is 0 Å². The number of nitrogens with one attached hydrogen (secondary N) is 1. The normalized spacial score (nSPS) is 19.1. The Morgan fingerprint density at radius 2 is 2.11 bits per heavy atom. The number of fused-ring (bicyclic) bond motifs is 2. The minimum absolute atomic E-state index is 0.153. The van der Waals surface area contributed by atoms with Crippen LogP contribution in [0.15, 0.2) is 18.5 Å². The lowest BCUT2D eigenvalue weighted by molar-refractivity contribution is -0.114. The molecule has 9 heteroatoms. The monoisotopic (exact) mass is 402 g/mol. The summed E-state index contributed by atoms with van der Waals surface area (Å²) >= 11 is 2.99. The van der Waals surface area contributed by atoms with E-state index in [0.717, 1.165) is 36.2 Å². The van der Waals surface area contributed by atoms with Crippen molar-refractivity contribution in [2.75, 3.05) is 5.32 Å². The van der Waals surface area contributed by atoms with Crippen LogP contribution in [0.3, 0.4) is 0 Å². The highest BCUT2D eigenvalue weighted by Gasteiger charge is 2.37. The van der Waals surface area contributed by atoms with Crippen LogP contribution in [-0.4, -0.2) is 38.0 Å². The van der Waals surface area contributed by atoms with E-state index in [1.165, 1.54) is 23.2 Å². The third kappa shape index (κ3) is 2.96. The van der Waals surface area contributed by atoms with Crippen LogP contribution in [0.4, 0.5) is 9.80 Å². The first-order valence-corrected chi connectivity index (χ1v) is 10.2. The molecule has 0 unspecified atom stereocenters. The van der Waals surface area contributed by atoms with Gasteiger partial charge in [-0.05, 0) is 31.9 Å². The third-order valence-electron chi connectivity index (χ3n) is 4.72. The predicted octanol–water partition coefficient (Wildman–Crippen LogP) is 4.36. The Morgan fingerprint density at radius 1 is 1.33 bits per heavy atom. The summed E-state index contributed by atoms with van der Waals surface area (Å²) in [5.41, 5.74) is 2.80. The van der Waals surface area contributed by atoms with Crippen LogP contribution in [-0.2, 0) is 11.2 Å². The van der Waals surface area contributed by atoms with Gasteiger partial charge in [0.05, 0.1) is 16.9 Å². The van der Waals surface area contributed by atoms with Crippen molar-refractivity contribution in [2.45, 2.75) is 39.3 Å². The van der Waals surface area contributed by atoms with Crippen molar-refractivity contribution >= 4 is 49.9 Å². The second-order valence-corrected chi connectivity index (χ2v) is 8.69. The van der Waals surface area contributed by atoms with Crippen molar-refractivity contribution in [2.24, 2.45) is 0 Å². The Kier molecular flexibility index (Phi) is 4.35. The second kappa shape index (κ2) is 6.58. The van der Waals surface area contributed by atoms with Gasteiger partial charge in [-0.15, -0.1) is 22.7 Å². The Hall–Kier alpha value is -2.52. The second-order valence-electron chi connectivity index (χ2n) is 6.61. The van der Waals surface area contributed by atoms with Gasteiger partial charge >= 0.3 is 6.09 Å². The molecule has 2 N–H and O–H groups in total. The van der Waals surface area contributed by atoms with Gasteiger partial charge < -0.3 is 10.4 Å². The Bertz CT molecular complexity index is 1030. The summed E-state index contributed by atoms with van der Waals surface area (Å²) in [4.78, 5) is 34.7. The van der Waals surface area contributed by atoms with E-state index in [1.807, 2.05) is 19.9 Å². The average Bonchev–Trinajstić information content (AvgIpc) is 3.14. The van der Waals surface area contributed by atoms with Gasteiger partial charge in [-0.2, -0.15) is 0 Å². The maximum absolute atomic E-state index is 11.8. The number of carbonyl (C=O) groups is 2. The molecule has 0 aromatic carbocycles. The lowest BCUT2D eigenvalue weighted by atomic mass is 9.93. The lowest BCUT2D eigenvalue weighted by Gasteiger charge is -2.36. The van der Waals surface area contributed by atoms with E-state index < -0.39 is 6.09 Å². The number of anilines is 1. The molecule has 7 nitrogen and oxygen atoms in total. The van der Waals surface area contributed by atoms with E-state index >= 15 is 0 Å². The molecule has 0 spiro atoms. The molecule has 0 aliphatic carbocycles. The summed E-state index contributed by atoms with van der Waals surface area (Å²) in [6.45, 7) is 5.28. The summed E-state index contributed by atoms with van der Waals surface area (Å²) in [6, 6.07) is 1.49. The number of carbonyl (C=O) groups excluding carboxylic acids is 1. The third-order valence-corrected chi connectivity index (χ3v) is 7.10. The minimum atomic E-state index is -0.928. The highest BCUT2D eigenvalue weighted by molar-refractivity contribution is 7.23. The molecule has 27 heavy (non-hydrogen) atoms. The molecule has 1 aliphatic rings. The van der Waals surface area contributed by atoms with Gasteiger partial charge in [-0.3, -0.25) is 14.7 Å². The molecule has 3 aromatic rings. The number of carboxylic acid groups (broad SMARTS) is 1. The van der Waals surface area contributed by atoms with Gasteiger partial charge in [0.1, 0.15) is 15.5 Å². The Labute approximate surface area is 163 Å². The first kappa shape index (κ1) is 17.9. The fraction of sp³-hybridized carbons (Fsp3) is 0.333. The van der Waals surface area contributed by atoms with Crippen LogP contribution >= 0.6 is 22.7 Å². The highest BCUT2D eigenvalue weighted by atomic mass is 32.1. The van der Waals surface area contributed by atoms with E-state index in [-0.39, 0.29) is 18.0 Å². The van der Waals surface area contributed by atoms with Crippen LogP contribution in [0.1, 0.15) is 37.3 Å². The van der Waals surface area contributed by atoms with Crippen LogP contribution in [0.5, 0.6) is 0 Å². The van der Waals surface area contributed by atoms with E-state index in [4.69, 9.17) is 4.98 Å². The topological polar surface area (TPSA) is 95.4 Å². The number of thiophene rings is 1. The Balaban J connectivity index is 1.91. The number of hydrogen-bond donors (Lipinski definition) is 2. The van der Waals surface area contributed by atoms with Crippen LogP contribution < -0.4 is 5.32 Å². The smallest absolute Gasteiger partial charge is 0.408 e. The summed E-state index contributed by atoms with van der Waals surface area (Å²) in [7, 11) is 0. The average molecular weight is 403 g/mol. The Morgan fingerprint density at radius 3 is 2.78 bits per heavy atom. The number of nitrogens with zero attached hydrogens (tertiary/aromatic N) is 3. The summed E-state index contributed by atoms with van der Waals surface area (Å²) in [6.07, 6.45) is 3.12. The van der Waals surface area contributed by atoms with E-state index in [9.17, 15) is 14.7 Å². The largest absolute Gasteiger partial charge is 0.465 e. The molecule has 0 fully saturated rings.